The van der Waals surface area contributed by atoms with Crippen molar-refractivity contribution in [1.82, 2.24) is 29.9 Å². The summed E-state index contributed by atoms with van der Waals surface area (Å²) in [5.74, 6) is -1.31. The molecule has 9 N–H and O–H groups in total. The van der Waals surface area contributed by atoms with Gasteiger partial charge in [-0.15, -0.1) is 13.2 Å². The number of primary sulfonamides is 3. The maximum Gasteiger partial charge on any atom is 0.573 e. The number of benzene rings is 9. The van der Waals surface area contributed by atoms with E-state index in [4.69, 9.17) is 15.4 Å². The van der Waals surface area contributed by atoms with Gasteiger partial charge < -0.3 is 19.7 Å². The lowest BCUT2D eigenvalue weighted by Gasteiger charge is -2.08. The number of rotatable bonds is 13. The topological polar surface area (TPSA) is 276 Å². The summed E-state index contributed by atoms with van der Waals surface area (Å²) in [5, 5.41) is 16.0. The summed E-state index contributed by atoms with van der Waals surface area (Å²) >= 11 is 0. The minimum absolute atomic E-state index is 0.0138. The molecule has 12 rings (SSSR count). The fourth-order valence-corrected chi connectivity index (χ4v) is 11.6. The molecule has 0 saturated heterocycles. The number of aromatic nitrogens is 6. The van der Waals surface area contributed by atoms with Crippen molar-refractivity contribution in [3.8, 4) is 39.1 Å². The van der Waals surface area contributed by atoms with E-state index in [9.17, 15) is 56.0 Å². The maximum absolute atomic E-state index is 13.7. The van der Waals surface area contributed by atoms with E-state index in [1.165, 1.54) is 60.7 Å². The number of nitrogens with two attached hydrogens (primary N) is 3. The van der Waals surface area contributed by atoms with Crippen LogP contribution >= 0.6 is 0 Å². The SMILES string of the molecule is NS(=O)(=O)c1ccccc1-c1ccc2nc(/C=C/c3cc(F)cc(F)c3)[nH]c2c1.NS(=O)(=O)c1ccccc1-c1ccc2nc(/C=C/c3cc(F)ccc3F)[nH]c2c1.NS(=O)(=O)c1ccccc1-c1ccc2nc(/C=C/c3cccc(OC(F)(F)F)c3)[nH]c2c1. The van der Waals surface area contributed by atoms with Crippen LogP contribution in [0.5, 0.6) is 5.75 Å². The van der Waals surface area contributed by atoms with Crippen LogP contribution in [0.1, 0.15) is 34.2 Å². The van der Waals surface area contributed by atoms with Gasteiger partial charge in [-0.1, -0.05) is 97.1 Å². The molecule has 90 heavy (non-hydrogen) atoms. The molecule has 0 aliphatic heterocycles. The smallest absolute Gasteiger partial charge is 0.406 e. The second kappa shape index (κ2) is 25.8. The number of hydrogen-bond donors (Lipinski definition) is 6. The van der Waals surface area contributed by atoms with E-state index in [1.54, 1.807) is 140 Å². The number of ether oxygens (including phenoxy) is 1. The lowest BCUT2D eigenvalue weighted by Crippen LogP contribution is -2.17. The Morgan fingerprint density at radius 2 is 0.789 bits per heavy atom. The molecule has 0 unspecified atom stereocenters. The Kier molecular flexibility index (Phi) is 18.0. The van der Waals surface area contributed by atoms with E-state index in [0.717, 1.165) is 24.3 Å². The van der Waals surface area contributed by atoms with Crippen LogP contribution in [0.2, 0.25) is 0 Å². The van der Waals surface area contributed by atoms with Crippen molar-refractivity contribution in [3.63, 3.8) is 0 Å². The number of H-pyrrole nitrogens is 3. The Morgan fingerprint density at radius 3 is 1.20 bits per heavy atom. The molecule has 0 aliphatic rings. The van der Waals surface area contributed by atoms with Crippen LogP contribution in [0.4, 0.5) is 30.7 Å². The van der Waals surface area contributed by atoms with E-state index in [1.807, 2.05) is 0 Å². The number of fused-ring (bicyclic) bond motifs is 3. The average molecular weight is 1280 g/mol. The molecular formula is C64H46F7N9O7S3. The third kappa shape index (κ3) is 15.7. The molecule has 12 aromatic rings. The first-order valence-electron chi connectivity index (χ1n) is 26.4. The highest BCUT2D eigenvalue weighted by atomic mass is 32.2. The number of hydrogen-bond acceptors (Lipinski definition) is 10. The van der Waals surface area contributed by atoms with Crippen LogP contribution in [0, 0.1) is 23.3 Å². The molecular weight excluding hydrogens is 1240 g/mol. The molecule has 0 radical (unpaired) electrons. The molecule has 0 saturated carbocycles. The fourth-order valence-electron chi connectivity index (χ4n) is 9.34. The zero-order valence-electron chi connectivity index (χ0n) is 46.2. The molecule has 3 heterocycles. The Bertz CT molecular complexity index is 5150. The van der Waals surface area contributed by atoms with Gasteiger partial charge in [0.05, 0.1) is 47.8 Å². The Hall–Kier alpha value is -10.4. The van der Waals surface area contributed by atoms with Gasteiger partial charge in [-0.25, -0.2) is 73.2 Å². The molecule has 3 aromatic heterocycles. The van der Waals surface area contributed by atoms with Gasteiger partial charge in [0.1, 0.15) is 46.5 Å². The van der Waals surface area contributed by atoms with Crippen molar-refractivity contribution in [3.05, 3.63) is 245 Å². The second-order valence-electron chi connectivity index (χ2n) is 19.7. The number of sulfonamides is 3. The Morgan fingerprint density at radius 1 is 0.389 bits per heavy atom. The minimum Gasteiger partial charge on any atom is -0.406 e. The predicted octanol–water partition coefficient (Wildman–Crippen LogP) is 13.6. The summed E-state index contributed by atoms with van der Waals surface area (Å²) < 4.78 is 166. The van der Waals surface area contributed by atoms with Gasteiger partial charge >= 0.3 is 6.36 Å². The van der Waals surface area contributed by atoms with Crippen LogP contribution in [-0.4, -0.2) is 61.5 Å². The van der Waals surface area contributed by atoms with Gasteiger partial charge in [0.25, 0.3) is 0 Å². The molecule has 0 spiro atoms. The normalized spacial score (nSPS) is 12.2. The summed E-state index contributed by atoms with van der Waals surface area (Å²) in [6.07, 6.45) is 4.56. The van der Waals surface area contributed by atoms with Gasteiger partial charge in [-0.3, -0.25) is 0 Å². The van der Waals surface area contributed by atoms with Crippen molar-refractivity contribution in [2.45, 2.75) is 21.0 Å². The second-order valence-corrected chi connectivity index (χ2v) is 24.3. The summed E-state index contributed by atoms with van der Waals surface area (Å²) in [7, 11) is -11.7. The molecule has 0 bridgehead atoms. The third-order valence-electron chi connectivity index (χ3n) is 13.2. The predicted molar refractivity (Wildman–Crippen MR) is 331 cm³/mol. The fraction of sp³-hybridized carbons (Fsp3) is 0.0156. The van der Waals surface area contributed by atoms with E-state index >= 15 is 0 Å². The van der Waals surface area contributed by atoms with Gasteiger partial charge in [0, 0.05) is 28.3 Å². The highest BCUT2D eigenvalue weighted by molar-refractivity contribution is 7.89. The van der Waals surface area contributed by atoms with Gasteiger partial charge in [-0.05, 0) is 149 Å². The summed E-state index contributed by atoms with van der Waals surface area (Å²) in [6, 6.07) is 47.0. The van der Waals surface area contributed by atoms with Gasteiger partial charge in [0.15, 0.2) is 0 Å². The maximum atomic E-state index is 13.7. The molecule has 0 amide bonds. The first-order valence-corrected chi connectivity index (χ1v) is 31.0. The Labute approximate surface area is 508 Å². The van der Waals surface area contributed by atoms with E-state index < -0.39 is 59.7 Å². The number of aromatic amines is 3. The Balaban J connectivity index is 0.000000149. The minimum atomic E-state index is -4.76. The standard InChI is InChI=1S/C22H16F3N3O3S.2C21H15F2N3O2S/c23-22(24,25)31-16-5-3-4-14(12-16)8-11-21-27-18-10-9-15(13-19(18)28-21)17-6-1-2-7-20(17)32(26,29)30;22-15-7-8-17(23)14(11-15)6-10-21-25-18-9-5-13(12-19(18)26-21)16-3-1-2-4-20(16)29(24,27)28;22-15-9-13(10-16(23)12-15)5-8-21-25-18-7-6-14(11-19(18)26-21)17-3-1-2-4-20(17)29(24,27)28/h1-13H,(H,27,28)(H2,26,29,30);2*1-12H,(H,25,26)(H2,24,27,28)/b11-8+;10-6+;8-5+. The van der Waals surface area contributed by atoms with Crippen LogP contribution in [0.25, 0.3) is 103 Å². The van der Waals surface area contributed by atoms with Crippen LogP contribution in [0.15, 0.2) is 203 Å². The number of nitrogens with zero attached hydrogens (tertiary/aromatic N) is 3. The first-order chi connectivity index (χ1) is 42.7. The molecule has 26 heteroatoms. The lowest BCUT2D eigenvalue weighted by molar-refractivity contribution is -0.274. The van der Waals surface area contributed by atoms with E-state index in [-0.39, 0.29) is 26.0 Å². The van der Waals surface area contributed by atoms with Crippen molar-refractivity contribution >= 4 is 99.6 Å². The van der Waals surface area contributed by atoms with E-state index in [2.05, 4.69) is 34.6 Å². The molecule has 9 aromatic carbocycles. The summed E-state index contributed by atoms with van der Waals surface area (Å²) in [5.41, 5.74) is 8.26. The number of alkyl halides is 3. The molecule has 0 fully saturated rings. The van der Waals surface area contributed by atoms with Crippen molar-refractivity contribution < 1.29 is 60.7 Å². The lowest BCUT2D eigenvalue weighted by atomic mass is 10.1. The number of imidazole rings is 3. The highest BCUT2D eigenvalue weighted by Crippen LogP contribution is 2.33. The van der Waals surface area contributed by atoms with Gasteiger partial charge in [-0.2, -0.15) is 0 Å². The first kappa shape index (κ1) is 62.7. The van der Waals surface area contributed by atoms with Gasteiger partial charge in [0.2, 0.25) is 30.1 Å². The number of nitrogens with one attached hydrogen (secondary N) is 3. The monoisotopic (exact) mass is 1280 g/mol. The average Bonchev–Trinajstić information content (AvgIpc) is 2.58. The van der Waals surface area contributed by atoms with E-state index in [0.29, 0.717) is 95.1 Å². The zero-order chi connectivity index (χ0) is 64.1. The van der Waals surface area contributed by atoms with Crippen LogP contribution in [0.3, 0.4) is 0 Å². The van der Waals surface area contributed by atoms with Crippen LogP contribution < -0.4 is 20.2 Å². The van der Waals surface area contributed by atoms with Crippen molar-refractivity contribution in [1.29, 1.82) is 0 Å². The molecule has 16 nitrogen and oxygen atoms in total. The highest BCUT2D eigenvalue weighted by Gasteiger charge is 2.31. The quantitative estimate of drug-likeness (QED) is 0.0594. The van der Waals surface area contributed by atoms with Crippen molar-refractivity contribution in [2.24, 2.45) is 15.4 Å². The van der Waals surface area contributed by atoms with Crippen molar-refractivity contribution in [2.75, 3.05) is 0 Å². The zero-order valence-corrected chi connectivity index (χ0v) is 48.6. The summed E-state index contributed by atoms with van der Waals surface area (Å²) in [4.78, 5) is 22.6. The molecule has 0 aliphatic carbocycles. The molecule has 456 valence electrons. The van der Waals surface area contributed by atoms with Crippen LogP contribution in [-0.2, 0) is 30.1 Å². The summed E-state index contributed by atoms with van der Waals surface area (Å²) in [6.45, 7) is 0. The molecule has 0 atom stereocenters. The largest absolute Gasteiger partial charge is 0.573 e. The third-order valence-corrected chi connectivity index (χ3v) is 16.1. The number of halogens is 7.